The van der Waals surface area contributed by atoms with Gasteiger partial charge in [-0.15, -0.1) is 0 Å². The van der Waals surface area contributed by atoms with Gasteiger partial charge in [-0.3, -0.25) is 4.79 Å². The molecule has 7 heteroatoms. The van der Waals surface area contributed by atoms with Crippen LogP contribution in [0.25, 0.3) is 0 Å². The number of aromatic nitrogens is 1. The molecular formula is C23H31N5O2. The lowest BCUT2D eigenvalue weighted by Gasteiger charge is -2.12. The number of hydrogen-bond acceptors (Lipinski definition) is 4. The number of benzene rings is 1. The second-order valence-corrected chi connectivity index (χ2v) is 7.54. The van der Waals surface area contributed by atoms with Crippen molar-refractivity contribution in [3.8, 4) is 11.6 Å². The Kier molecular flexibility index (Phi) is 7.65. The molecule has 0 spiro atoms. The minimum absolute atomic E-state index is 0.159. The van der Waals surface area contributed by atoms with Crippen molar-refractivity contribution >= 4 is 11.9 Å². The molecule has 0 unspecified atom stereocenters. The lowest BCUT2D eigenvalue weighted by molar-refractivity contribution is -0.122. The van der Waals surface area contributed by atoms with Crippen molar-refractivity contribution in [3.05, 3.63) is 53.2 Å². The minimum atomic E-state index is 0.159. The minimum Gasteiger partial charge on any atom is -0.439 e. The van der Waals surface area contributed by atoms with Gasteiger partial charge in [-0.05, 0) is 68.5 Å². The van der Waals surface area contributed by atoms with E-state index in [-0.39, 0.29) is 11.8 Å². The van der Waals surface area contributed by atoms with Gasteiger partial charge >= 0.3 is 0 Å². The summed E-state index contributed by atoms with van der Waals surface area (Å²) in [5, 5.41) is 9.42. The van der Waals surface area contributed by atoms with E-state index in [0.29, 0.717) is 31.5 Å². The predicted molar refractivity (Wildman–Crippen MR) is 119 cm³/mol. The maximum atomic E-state index is 11.7. The zero-order chi connectivity index (χ0) is 21.3. The van der Waals surface area contributed by atoms with Gasteiger partial charge in [0, 0.05) is 37.8 Å². The third kappa shape index (κ3) is 6.76. The van der Waals surface area contributed by atoms with Gasteiger partial charge in [0.1, 0.15) is 5.75 Å². The highest BCUT2D eigenvalue weighted by molar-refractivity contribution is 5.81. The topological polar surface area (TPSA) is 87.6 Å². The van der Waals surface area contributed by atoms with E-state index in [1.165, 1.54) is 11.1 Å². The van der Waals surface area contributed by atoms with Crippen LogP contribution in [0.5, 0.6) is 11.6 Å². The second kappa shape index (κ2) is 10.6. The Morgan fingerprint density at radius 1 is 1.10 bits per heavy atom. The van der Waals surface area contributed by atoms with E-state index in [1.807, 2.05) is 37.3 Å². The second-order valence-electron chi connectivity index (χ2n) is 7.54. The molecule has 3 N–H and O–H groups in total. The number of rotatable bonds is 9. The Morgan fingerprint density at radius 3 is 2.63 bits per heavy atom. The predicted octanol–water partition coefficient (Wildman–Crippen LogP) is 3.07. The number of aliphatic imine (C=N–C) groups is 1. The van der Waals surface area contributed by atoms with Crippen LogP contribution >= 0.6 is 0 Å². The van der Waals surface area contributed by atoms with Crippen molar-refractivity contribution in [1.82, 2.24) is 20.9 Å². The number of nitrogens with one attached hydrogen (secondary N) is 3. The molecule has 1 aromatic heterocycles. The first-order chi connectivity index (χ1) is 14.5. The largest absolute Gasteiger partial charge is 0.439 e. The van der Waals surface area contributed by atoms with Crippen LogP contribution in [0.3, 0.4) is 0 Å². The fraction of sp³-hybridized carbons (Fsp3) is 0.435. The van der Waals surface area contributed by atoms with Gasteiger partial charge in [-0.2, -0.15) is 0 Å². The fourth-order valence-electron chi connectivity index (χ4n) is 2.87. The first-order valence-electron chi connectivity index (χ1n) is 10.5. The van der Waals surface area contributed by atoms with Gasteiger partial charge in [0.15, 0.2) is 5.96 Å². The third-order valence-electron chi connectivity index (χ3n) is 4.93. The van der Waals surface area contributed by atoms with Crippen molar-refractivity contribution in [3.63, 3.8) is 0 Å². The molecule has 0 bridgehead atoms. The molecule has 1 saturated carbocycles. The molecule has 7 nitrogen and oxygen atoms in total. The Bertz CT molecular complexity index is 893. The van der Waals surface area contributed by atoms with Crippen molar-refractivity contribution in [2.24, 2.45) is 10.9 Å². The van der Waals surface area contributed by atoms with E-state index in [4.69, 9.17) is 4.74 Å². The van der Waals surface area contributed by atoms with Crippen LogP contribution in [0.2, 0.25) is 0 Å². The number of amides is 1. The average Bonchev–Trinajstić information content (AvgIpc) is 3.58. The third-order valence-corrected chi connectivity index (χ3v) is 4.93. The molecular weight excluding hydrogens is 378 g/mol. The van der Waals surface area contributed by atoms with Crippen LogP contribution in [-0.4, -0.2) is 36.5 Å². The highest BCUT2D eigenvalue weighted by Crippen LogP contribution is 2.28. The molecule has 2 aromatic rings. The SMILES string of the molecule is CCNC(=NCc1ccnc(Oc2ccc(C)c(C)c2)c1)NCCNC(=O)C1CC1. The number of ether oxygens (including phenoxy) is 1. The molecule has 1 aliphatic rings. The molecule has 0 atom stereocenters. The lowest BCUT2D eigenvalue weighted by atomic mass is 10.1. The van der Waals surface area contributed by atoms with Crippen LogP contribution in [0.4, 0.5) is 0 Å². The molecule has 1 aromatic carbocycles. The Hall–Kier alpha value is -3.09. The summed E-state index contributed by atoms with van der Waals surface area (Å²) in [5.41, 5.74) is 3.42. The summed E-state index contributed by atoms with van der Waals surface area (Å²) < 4.78 is 5.90. The van der Waals surface area contributed by atoms with Crippen molar-refractivity contribution in [2.45, 2.75) is 40.2 Å². The molecule has 160 valence electrons. The van der Waals surface area contributed by atoms with Gasteiger partial charge in [-0.25, -0.2) is 9.98 Å². The van der Waals surface area contributed by atoms with Gasteiger partial charge < -0.3 is 20.7 Å². The first-order valence-corrected chi connectivity index (χ1v) is 10.5. The van der Waals surface area contributed by atoms with Crippen LogP contribution in [0.15, 0.2) is 41.5 Å². The highest BCUT2D eigenvalue weighted by Gasteiger charge is 2.28. The molecule has 30 heavy (non-hydrogen) atoms. The molecule has 0 saturated heterocycles. The van der Waals surface area contributed by atoms with Crippen molar-refractivity contribution in [2.75, 3.05) is 19.6 Å². The number of aryl methyl sites for hydroxylation is 2. The zero-order valence-corrected chi connectivity index (χ0v) is 18.0. The summed E-state index contributed by atoms with van der Waals surface area (Å²) in [6, 6.07) is 9.83. The number of carbonyl (C=O) groups is 1. The average molecular weight is 410 g/mol. The van der Waals surface area contributed by atoms with Gasteiger partial charge in [-0.1, -0.05) is 6.07 Å². The molecule has 1 aliphatic carbocycles. The summed E-state index contributed by atoms with van der Waals surface area (Å²) >= 11 is 0. The van der Waals surface area contributed by atoms with Gasteiger partial charge in [0.05, 0.1) is 6.54 Å². The van der Waals surface area contributed by atoms with Crippen LogP contribution in [0.1, 0.15) is 36.5 Å². The maximum absolute atomic E-state index is 11.7. The Balaban J connectivity index is 1.53. The van der Waals surface area contributed by atoms with Crippen LogP contribution in [-0.2, 0) is 11.3 Å². The normalized spacial score (nSPS) is 13.6. The first kappa shape index (κ1) is 21.6. The molecule has 1 fully saturated rings. The lowest BCUT2D eigenvalue weighted by Crippen LogP contribution is -2.41. The summed E-state index contributed by atoms with van der Waals surface area (Å²) in [6.07, 6.45) is 3.77. The maximum Gasteiger partial charge on any atom is 0.223 e. The van der Waals surface area contributed by atoms with Gasteiger partial charge in [0.25, 0.3) is 0 Å². The Labute approximate surface area is 178 Å². The Morgan fingerprint density at radius 2 is 1.90 bits per heavy atom. The van der Waals surface area contributed by atoms with Crippen LogP contribution in [0, 0.1) is 19.8 Å². The summed E-state index contributed by atoms with van der Waals surface area (Å²) in [5.74, 6) is 2.43. The quantitative estimate of drug-likeness (QED) is 0.337. The number of hydrogen-bond donors (Lipinski definition) is 3. The van der Waals surface area contributed by atoms with Crippen LogP contribution < -0.4 is 20.7 Å². The fourth-order valence-corrected chi connectivity index (χ4v) is 2.87. The molecule has 1 amide bonds. The van der Waals surface area contributed by atoms with Crippen molar-refractivity contribution in [1.29, 1.82) is 0 Å². The summed E-state index contributed by atoms with van der Waals surface area (Å²) in [7, 11) is 0. The smallest absolute Gasteiger partial charge is 0.223 e. The highest BCUT2D eigenvalue weighted by atomic mass is 16.5. The standard InChI is InChI=1S/C23H31N5O2/c1-4-24-23(27-12-11-26-22(29)19-6-7-19)28-15-18-9-10-25-21(14-18)30-20-8-5-16(2)17(3)13-20/h5,8-10,13-14,19H,4,6-7,11-12,15H2,1-3H3,(H,26,29)(H2,24,27,28). The van der Waals surface area contributed by atoms with E-state index in [1.54, 1.807) is 6.20 Å². The monoisotopic (exact) mass is 409 g/mol. The number of nitrogens with zero attached hydrogens (tertiary/aromatic N) is 2. The molecule has 0 aliphatic heterocycles. The van der Waals surface area contributed by atoms with E-state index < -0.39 is 0 Å². The van der Waals surface area contributed by atoms with E-state index in [9.17, 15) is 4.79 Å². The molecule has 1 heterocycles. The zero-order valence-electron chi connectivity index (χ0n) is 18.0. The molecule has 0 radical (unpaired) electrons. The summed E-state index contributed by atoms with van der Waals surface area (Å²) in [4.78, 5) is 20.6. The summed E-state index contributed by atoms with van der Waals surface area (Å²) in [6.45, 7) is 8.63. The molecule has 3 rings (SSSR count). The number of guanidine groups is 1. The number of pyridine rings is 1. The van der Waals surface area contributed by atoms with Gasteiger partial charge in [0.2, 0.25) is 11.8 Å². The van der Waals surface area contributed by atoms with E-state index >= 15 is 0 Å². The van der Waals surface area contributed by atoms with E-state index in [2.05, 4.69) is 39.8 Å². The van der Waals surface area contributed by atoms with Crippen molar-refractivity contribution < 1.29 is 9.53 Å². The number of carbonyl (C=O) groups excluding carboxylic acids is 1. The van der Waals surface area contributed by atoms with E-state index in [0.717, 1.165) is 30.7 Å².